The van der Waals surface area contributed by atoms with Gasteiger partial charge >= 0.3 is 0 Å². The third kappa shape index (κ3) is 8.26. The second kappa shape index (κ2) is 15.1. The number of sulfonamides is 1. The van der Waals surface area contributed by atoms with E-state index in [0.29, 0.717) is 23.8 Å². The molecule has 0 bridgehead atoms. The molecular formula is C32H40ClN3O5S. The second-order valence-corrected chi connectivity index (χ2v) is 12.4. The zero-order valence-electron chi connectivity index (χ0n) is 24.8. The van der Waals surface area contributed by atoms with Gasteiger partial charge in [-0.1, -0.05) is 67.4 Å². The first kappa shape index (κ1) is 32.9. The Kier molecular flexibility index (Phi) is 11.8. The van der Waals surface area contributed by atoms with Crippen LogP contribution >= 0.6 is 11.6 Å². The highest BCUT2D eigenvalue weighted by Crippen LogP contribution is 2.33. The maximum atomic E-state index is 14.2. The van der Waals surface area contributed by atoms with Crippen molar-refractivity contribution >= 4 is 39.1 Å². The number of benzene rings is 3. The van der Waals surface area contributed by atoms with Crippen molar-refractivity contribution in [3.8, 4) is 5.75 Å². The molecule has 10 heteroatoms. The van der Waals surface area contributed by atoms with Gasteiger partial charge in [0.2, 0.25) is 11.8 Å². The van der Waals surface area contributed by atoms with E-state index in [-0.39, 0.29) is 29.1 Å². The number of nitrogens with one attached hydrogen (secondary N) is 1. The molecule has 0 saturated heterocycles. The zero-order valence-corrected chi connectivity index (χ0v) is 26.4. The van der Waals surface area contributed by atoms with Crippen molar-refractivity contribution in [3.63, 3.8) is 0 Å². The Morgan fingerprint density at radius 1 is 0.929 bits per heavy atom. The first-order valence-corrected chi connectivity index (χ1v) is 16.0. The number of aryl methyl sites for hydroxylation is 1. The lowest BCUT2D eigenvalue weighted by Crippen LogP contribution is -2.53. The molecule has 0 spiro atoms. The number of carbonyl (C=O) groups excluding carboxylic acids is 2. The number of hydrogen-bond donors (Lipinski definition) is 1. The van der Waals surface area contributed by atoms with Crippen LogP contribution in [0.3, 0.4) is 0 Å². The quantitative estimate of drug-likeness (QED) is 0.242. The predicted molar refractivity (Wildman–Crippen MR) is 167 cm³/mol. The first-order valence-electron chi connectivity index (χ1n) is 14.2. The number of hydrogen-bond acceptors (Lipinski definition) is 5. The molecule has 3 rings (SSSR count). The van der Waals surface area contributed by atoms with Crippen molar-refractivity contribution in [2.24, 2.45) is 0 Å². The van der Waals surface area contributed by atoms with Crippen LogP contribution in [-0.2, 0) is 26.2 Å². The SMILES string of the molecule is CCOc1ccccc1N(CC(=O)N(Cc1ccc(Cl)cc1)[C@H](CC)C(=O)N[C@H](C)CC)S(=O)(=O)c1ccc(C)cc1. The Balaban J connectivity index is 2.10. The number of halogens is 1. The van der Waals surface area contributed by atoms with Gasteiger partial charge in [-0.25, -0.2) is 8.42 Å². The van der Waals surface area contributed by atoms with Crippen LogP contribution in [0.15, 0.2) is 77.7 Å². The van der Waals surface area contributed by atoms with Crippen LogP contribution in [0.25, 0.3) is 0 Å². The summed E-state index contributed by atoms with van der Waals surface area (Å²) in [5.41, 5.74) is 1.89. The predicted octanol–water partition coefficient (Wildman–Crippen LogP) is 5.96. The number of para-hydroxylation sites is 2. The molecule has 0 aliphatic carbocycles. The summed E-state index contributed by atoms with van der Waals surface area (Å²) in [7, 11) is -4.21. The van der Waals surface area contributed by atoms with Crippen LogP contribution in [0, 0.1) is 6.92 Å². The topological polar surface area (TPSA) is 96.0 Å². The lowest BCUT2D eigenvalue weighted by molar-refractivity contribution is -0.140. The summed E-state index contributed by atoms with van der Waals surface area (Å²) in [6, 6.07) is 19.3. The van der Waals surface area contributed by atoms with Crippen molar-refractivity contribution in [3.05, 3.63) is 88.9 Å². The Bertz CT molecular complexity index is 1450. The third-order valence-electron chi connectivity index (χ3n) is 6.97. The van der Waals surface area contributed by atoms with Gasteiger partial charge < -0.3 is 15.0 Å². The maximum absolute atomic E-state index is 14.2. The normalized spacial score (nSPS) is 12.7. The van der Waals surface area contributed by atoms with Crippen LogP contribution in [0.1, 0.15) is 51.7 Å². The van der Waals surface area contributed by atoms with Crippen molar-refractivity contribution in [1.82, 2.24) is 10.2 Å². The molecule has 0 heterocycles. The highest BCUT2D eigenvalue weighted by Gasteiger charge is 2.35. The van der Waals surface area contributed by atoms with Gasteiger partial charge in [-0.05, 0) is 75.6 Å². The van der Waals surface area contributed by atoms with Crippen LogP contribution in [0.2, 0.25) is 5.02 Å². The Morgan fingerprint density at radius 2 is 1.57 bits per heavy atom. The minimum absolute atomic E-state index is 0.0398. The largest absolute Gasteiger partial charge is 0.492 e. The van der Waals surface area contributed by atoms with Crippen LogP contribution in [0.5, 0.6) is 5.75 Å². The van der Waals surface area contributed by atoms with Crippen molar-refractivity contribution in [1.29, 1.82) is 0 Å². The Labute approximate surface area is 254 Å². The van der Waals surface area contributed by atoms with Crippen molar-refractivity contribution in [2.75, 3.05) is 17.5 Å². The molecule has 0 aliphatic heterocycles. The molecule has 1 N–H and O–H groups in total. The van der Waals surface area contributed by atoms with E-state index in [2.05, 4.69) is 5.32 Å². The molecule has 3 aromatic carbocycles. The van der Waals surface area contributed by atoms with E-state index in [1.165, 1.54) is 17.0 Å². The monoisotopic (exact) mass is 613 g/mol. The Hall–Kier alpha value is -3.56. The average molecular weight is 614 g/mol. The lowest BCUT2D eigenvalue weighted by atomic mass is 10.1. The van der Waals surface area contributed by atoms with Gasteiger partial charge in [-0.3, -0.25) is 13.9 Å². The molecule has 0 aliphatic rings. The first-order chi connectivity index (χ1) is 20.0. The van der Waals surface area contributed by atoms with E-state index in [0.717, 1.165) is 21.9 Å². The molecule has 0 fully saturated rings. The average Bonchev–Trinajstić information content (AvgIpc) is 2.97. The fraction of sp³-hybridized carbons (Fsp3) is 0.375. The summed E-state index contributed by atoms with van der Waals surface area (Å²) >= 11 is 6.09. The minimum atomic E-state index is -4.21. The summed E-state index contributed by atoms with van der Waals surface area (Å²) in [5, 5.41) is 3.52. The summed E-state index contributed by atoms with van der Waals surface area (Å²) in [5.74, 6) is -0.496. The number of carbonyl (C=O) groups is 2. The van der Waals surface area contributed by atoms with E-state index in [1.807, 2.05) is 27.7 Å². The number of nitrogens with zero attached hydrogens (tertiary/aromatic N) is 2. The lowest BCUT2D eigenvalue weighted by Gasteiger charge is -2.34. The van der Waals surface area contributed by atoms with Gasteiger partial charge in [-0.2, -0.15) is 0 Å². The summed E-state index contributed by atoms with van der Waals surface area (Å²) in [6.07, 6.45) is 1.06. The molecule has 2 atom stereocenters. The number of rotatable bonds is 14. The van der Waals surface area contributed by atoms with Gasteiger partial charge in [0.25, 0.3) is 10.0 Å². The standard InChI is InChI=1S/C32H40ClN3O5S/c1-6-24(5)34-32(38)28(7-2)35(21-25-15-17-26(33)18-16-25)31(37)22-36(29-11-9-10-12-30(29)41-8-3)42(39,40)27-19-13-23(4)14-20-27/h9-20,24,28H,6-8,21-22H2,1-5H3,(H,34,38)/t24-,28-/m1/s1. The molecular weight excluding hydrogens is 574 g/mol. The van der Waals surface area contributed by atoms with Gasteiger partial charge in [0.1, 0.15) is 18.3 Å². The molecule has 0 aromatic heterocycles. The second-order valence-electron chi connectivity index (χ2n) is 10.1. The van der Waals surface area contributed by atoms with Crippen LogP contribution < -0.4 is 14.4 Å². The molecule has 0 saturated carbocycles. The highest BCUT2D eigenvalue weighted by atomic mass is 35.5. The fourth-order valence-electron chi connectivity index (χ4n) is 4.44. The van der Waals surface area contributed by atoms with Crippen molar-refractivity contribution in [2.45, 2.75) is 71.0 Å². The van der Waals surface area contributed by atoms with E-state index in [4.69, 9.17) is 16.3 Å². The van der Waals surface area contributed by atoms with Crippen molar-refractivity contribution < 1.29 is 22.7 Å². The maximum Gasteiger partial charge on any atom is 0.264 e. The number of amides is 2. The smallest absolute Gasteiger partial charge is 0.264 e. The molecule has 42 heavy (non-hydrogen) atoms. The van der Waals surface area contributed by atoms with E-state index in [1.54, 1.807) is 67.6 Å². The van der Waals surface area contributed by atoms with E-state index >= 15 is 0 Å². The highest BCUT2D eigenvalue weighted by molar-refractivity contribution is 7.92. The zero-order chi connectivity index (χ0) is 30.9. The Morgan fingerprint density at radius 3 is 2.17 bits per heavy atom. The fourth-order valence-corrected chi connectivity index (χ4v) is 5.99. The van der Waals surface area contributed by atoms with Gasteiger partial charge in [0, 0.05) is 17.6 Å². The summed E-state index contributed by atoms with van der Waals surface area (Å²) in [6.45, 7) is 9.22. The van der Waals surface area contributed by atoms with Gasteiger partial charge in [-0.15, -0.1) is 0 Å². The van der Waals surface area contributed by atoms with Crippen LogP contribution in [-0.4, -0.2) is 50.4 Å². The molecule has 3 aromatic rings. The molecule has 2 amide bonds. The van der Waals surface area contributed by atoms with Gasteiger partial charge in [0.05, 0.1) is 17.2 Å². The summed E-state index contributed by atoms with van der Waals surface area (Å²) < 4.78 is 35.1. The molecule has 226 valence electrons. The summed E-state index contributed by atoms with van der Waals surface area (Å²) in [4.78, 5) is 29.1. The molecule has 0 unspecified atom stereocenters. The van der Waals surface area contributed by atoms with E-state index < -0.39 is 28.5 Å². The third-order valence-corrected chi connectivity index (χ3v) is 9.00. The molecule has 0 radical (unpaired) electrons. The molecule has 8 nitrogen and oxygen atoms in total. The van der Waals surface area contributed by atoms with E-state index in [9.17, 15) is 18.0 Å². The van der Waals surface area contributed by atoms with Gasteiger partial charge in [0.15, 0.2) is 0 Å². The minimum Gasteiger partial charge on any atom is -0.492 e. The number of anilines is 1. The van der Waals surface area contributed by atoms with Crippen LogP contribution in [0.4, 0.5) is 5.69 Å². The number of ether oxygens (including phenoxy) is 1.